The van der Waals surface area contributed by atoms with Crippen LogP contribution in [0.1, 0.15) is 330 Å². The molecule has 0 aromatic carbocycles. The highest BCUT2D eigenvalue weighted by Gasteiger charge is 2.19. The number of carbonyl (C=O) groups is 3. The van der Waals surface area contributed by atoms with E-state index < -0.39 is 6.10 Å². The van der Waals surface area contributed by atoms with E-state index in [0.29, 0.717) is 19.3 Å². The fourth-order valence-corrected chi connectivity index (χ4v) is 9.14. The third-order valence-corrected chi connectivity index (χ3v) is 14.0. The van der Waals surface area contributed by atoms with Crippen molar-refractivity contribution in [1.82, 2.24) is 0 Å². The van der Waals surface area contributed by atoms with Crippen LogP contribution in [0.4, 0.5) is 0 Å². The van der Waals surface area contributed by atoms with Crippen molar-refractivity contribution in [1.29, 1.82) is 0 Å². The molecule has 392 valence electrons. The normalized spacial score (nSPS) is 12.5. The van der Waals surface area contributed by atoms with Crippen LogP contribution in [0, 0.1) is 17.8 Å². The van der Waals surface area contributed by atoms with Crippen molar-refractivity contribution in [3.8, 4) is 0 Å². The lowest BCUT2D eigenvalue weighted by Gasteiger charge is -2.18. The van der Waals surface area contributed by atoms with Crippen LogP contribution >= 0.6 is 0 Å². The minimum atomic E-state index is -0.764. The molecule has 0 radical (unpaired) electrons. The Bertz CT molecular complexity index is 1020. The average molecular weight is 934 g/mol. The fraction of sp³-hybridized carbons (Fsp3) is 0.950. The van der Waals surface area contributed by atoms with Crippen LogP contribution in [-0.2, 0) is 28.6 Å². The Balaban J connectivity index is 4.29. The van der Waals surface area contributed by atoms with Gasteiger partial charge in [-0.2, -0.15) is 0 Å². The highest BCUT2D eigenvalue weighted by molar-refractivity contribution is 5.71. The predicted octanol–water partition coefficient (Wildman–Crippen LogP) is 19.5. The Kier molecular flexibility index (Phi) is 50.0. The van der Waals surface area contributed by atoms with Crippen LogP contribution < -0.4 is 0 Å². The maximum Gasteiger partial charge on any atom is 0.306 e. The third kappa shape index (κ3) is 51.8. The van der Waals surface area contributed by atoms with Gasteiger partial charge in [-0.15, -0.1) is 0 Å². The molecule has 0 saturated heterocycles. The molecule has 2 atom stereocenters. The van der Waals surface area contributed by atoms with E-state index in [4.69, 9.17) is 14.2 Å². The first-order valence-electron chi connectivity index (χ1n) is 29.6. The summed E-state index contributed by atoms with van der Waals surface area (Å²) in [5, 5.41) is 0. The molecule has 0 heterocycles. The molecular weight excluding hydrogens is 817 g/mol. The Morgan fingerprint density at radius 3 is 0.788 bits per heavy atom. The van der Waals surface area contributed by atoms with Crippen molar-refractivity contribution < 1.29 is 28.6 Å². The molecule has 0 aliphatic rings. The minimum absolute atomic E-state index is 0.0634. The molecule has 0 saturated carbocycles. The molecule has 0 aliphatic carbocycles. The van der Waals surface area contributed by atoms with Gasteiger partial charge >= 0.3 is 17.9 Å². The smallest absolute Gasteiger partial charge is 0.306 e. The highest BCUT2D eigenvalue weighted by atomic mass is 16.6. The maximum atomic E-state index is 12.9. The van der Waals surface area contributed by atoms with Crippen molar-refractivity contribution >= 4 is 17.9 Å². The molecule has 6 heteroatoms. The summed E-state index contributed by atoms with van der Waals surface area (Å²) in [7, 11) is 0. The van der Waals surface area contributed by atoms with E-state index in [1.165, 1.54) is 212 Å². The van der Waals surface area contributed by atoms with Gasteiger partial charge in [-0.25, -0.2) is 0 Å². The van der Waals surface area contributed by atoms with E-state index >= 15 is 0 Å². The molecule has 0 aliphatic heterocycles. The van der Waals surface area contributed by atoms with Gasteiger partial charge in [0.05, 0.1) is 0 Å². The second kappa shape index (κ2) is 51.3. The van der Waals surface area contributed by atoms with E-state index in [-0.39, 0.29) is 31.1 Å². The number of hydrogen-bond donors (Lipinski definition) is 0. The number of ether oxygens (including phenoxy) is 3. The monoisotopic (exact) mass is 933 g/mol. The molecule has 6 nitrogen and oxygen atoms in total. The standard InChI is InChI=1S/C60H116O6/c1-7-56(6)48-42-36-30-24-20-21-26-32-38-44-50-59(62)65-53-57(66-60(63)51-45-39-33-27-19-15-14-17-23-29-35-41-47-55(4)5)52-64-58(61)49-43-37-31-25-18-13-11-9-8-10-12-16-22-28-34-40-46-54(2)3/h54-57H,7-53H2,1-6H3/t56?,57-/m0/s1. The molecule has 0 amide bonds. The minimum Gasteiger partial charge on any atom is -0.462 e. The van der Waals surface area contributed by atoms with Crippen LogP contribution in [0.25, 0.3) is 0 Å². The zero-order chi connectivity index (χ0) is 48.4. The first-order valence-corrected chi connectivity index (χ1v) is 29.6. The van der Waals surface area contributed by atoms with Crippen molar-refractivity contribution in [3.05, 3.63) is 0 Å². The summed E-state index contributed by atoms with van der Waals surface area (Å²) in [6, 6.07) is 0. The fourth-order valence-electron chi connectivity index (χ4n) is 9.14. The lowest BCUT2D eigenvalue weighted by atomic mass is 9.99. The molecule has 66 heavy (non-hydrogen) atoms. The SMILES string of the molecule is CCC(C)CCCCCCCCCCCCC(=O)OC[C@H](COC(=O)CCCCCCCCCCCCCCCCCCC(C)C)OC(=O)CCCCCCCCCCCCCCC(C)C. The van der Waals surface area contributed by atoms with Crippen molar-refractivity contribution in [3.63, 3.8) is 0 Å². The Morgan fingerprint density at radius 2 is 0.530 bits per heavy atom. The molecule has 1 unspecified atom stereocenters. The van der Waals surface area contributed by atoms with Gasteiger partial charge in [0.15, 0.2) is 6.10 Å². The molecule has 0 fully saturated rings. The second-order valence-electron chi connectivity index (χ2n) is 21.8. The average Bonchev–Trinajstić information content (AvgIpc) is 3.29. The van der Waals surface area contributed by atoms with E-state index in [9.17, 15) is 14.4 Å². The first kappa shape index (κ1) is 64.4. The summed E-state index contributed by atoms with van der Waals surface area (Å²) in [5.74, 6) is 1.71. The number of hydrogen-bond acceptors (Lipinski definition) is 6. The van der Waals surface area contributed by atoms with Gasteiger partial charge in [0.25, 0.3) is 0 Å². The van der Waals surface area contributed by atoms with E-state index in [2.05, 4.69) is 41.5 Å². The van der Waals surface area contributed by atoms with E-state index in [1.54, 1.807) is 0 Å². The van der Waals surface area contributed by atoms with Crippen molar-refractivity contribution in [2.45, 2.75) is 337 Å². The number of esters is 3. The zero-order valence-corrected chi connectivity index (χ0v) is 45.5. The Hall–Kier alpha value is -1.59. The summed E-state index contributed by atoms with van der Waals surface area (Å²) in [5.41, 5.74) is 0. The topological polar surface area (TPSA) is 78.9 Å². The quantitative estimate of drug-likeness (QED) is 0.0343. The van der Waals surface area contributed by atoms with Crippen LogP contribution in [0.3, 0.4) is 0 Å². The largest absolute Gasteiger partial charge is 0.462 e. The summed E-state index contributed by atoms with van der Waals surface area (Å²) in [6.45, 7) is 13.8. The second-order valence-corrected chi connectivity index (χ2v) is 21.8. The lowest BCUT2D eigenvalue weighted by Crippen LogP contribution is -2.30. The summed E-state index contributed by atoms with van der Waals surface area (Å²) >= 11 is 0. The summed E-state index contributed by atoms with van der Waals surface area (Å²) < 4.78 is 16.9. The van der Waals surface area contributed by atoms with Gasteiger partial charge in [0, 0.05) is 19.3 Å². The summed E-state index contributed by atoms with van der Waals surface area (Å²) in [6.07, 6.45) is 53.7. The van der Waals surface area contributed by atoms with Gasteiger partial charge in [-0.1, -0.05) is 292 Å². The van der Waals surface area contributed by atoms with E-state index in [0.717, 1.165) is 75.5 Å². The molecule has 0 spiro atoms. The van der Waals surface area contributed by atoms with Crippen LogP contribution in [0.2, 0.25) is 0 Å². The van der Waals surface area contributed by atoms with Crippen LogP contribution in [0.15, 0.2) is 0 Å². The molecule has 0 aromatic rings. The number of rotatable bonds is 53. The molecule has 0 rings (SSSR count). The third-order valence-electron chi connectivity index (χ3n) is 14.0. The maximum absolute atomic E-state index is 12.9. The van der Waals surface area contributed by atoms with Gasteiger partial charge in [0.2, 0.25) is 0 Å². The Labute approximate surface area is 412 Å². The van der Waals surface area contributed by atoms with Crippen molar-refractivity contribution in [2.24, 2.45) is 17.8 Å². The predicted molar refractivity (Wildman–Crippen MR) is 284 cm³/mol. The van der Waals surface area contributed by atoms with Gasteiger partial charge < -0.3 is 14.2 Å². The van der Waals surface area contributed by atoms with Gasteiger partial charge in [0.1, 0.15) is 13.2 Å². The van der Waals surface area contributed by atoms with Gasteiger partial charge in [-0.05, 0) is 37.0 Å². The molecule has 0 bridgehead atoms. The highest BCUT2D eigenvalue weighted by Crippen LogP contribution is 2.19. The molecule has 0 N–H and O–H groups in total. The number of carbonyl (C=O) groups excluding carboxylic acids is 3. The summed E-state index contributed by atoms with van der Waals surface area (Å²) in [4.78, 5) is 38.2. The van der Waals surface area contributed by atoms with Crippen molar-refractivity contribution in [2.75, 3.05) is 13.2 Å². The molecule has 0 aromatic heterocycles. The molecular formula is C60H116O6. The van der Waals surface area contributed by atoms with E-state index in [1.807, 2.05) is 0 Å². The zero-order valence-electron chi connectivity index (χ0n) is 45.5. The van der Waals surface area contributed by atoms with Crippen LogP contribution in [0.5, 0.6) is 0 Å². The van der Waals surface area contributed by atoms with Gasteiger partial charge in [-0.3, -0.25) is 14.4 Å². The lowest BCUT2D eigenvalue weighted by molar-refractivity contribution is -0.167. The Morgan fingerprint density at radius 1 is 0.303 bits per heavy atom. The van der Waals surface area contributed by atoms with Crippen LogP contribution in [-0.4, -0.2) is 37.2 Å². The first-order chi connectivity index (χ1) is 32.1. The number of unbranched alkanes of at least 4 members (excludes halogenated alkanes) is 35.